The molecule has 0 aliphatic rings. The van der Waals surface area contributed by atoms with Gasteiger partial charge in [-0.1, -0.05) is 11.6 Å². The van der Waals surface area contributed by atoms with E-state index in [4.69, 9.17) is 22.1 Å². The molecule has 0 aliphatic carbocycles. The number of hydrogen-bond acceptors (Lipinski definition) is 3. The fourth-order valence-corrected chi connectivity index (χ4v) is 1.24. The Balaban J connectivity index is 2.16. The molecule has 0 saturated heterocycles. The molecule has 0 fully saturated rings. The van der Waals surface area contributed by atoms with E-state index in [1.54, 1.807) is 24.3 Å². The molecule has 1 rings (SSSR count). The van der Waals surface area contributed by atoms with Crippen molar-refractivity contribution in [2.24, 2.45) is 5.73 Å². The maximum absolute atomic E-state index is 11.0. The van der Waals surface area contributed by atoms with Crippen molar-refractivity contribution in [3.05, 3.63) is 29.3 Å². The van der Waals surface area contributed by atoms with Crippen molar-refractivity contribution < 1.29 is 9.53 Å². The highest BCUT2D eigenvalue weighted by atomic mass is 35.5. The molecule has 0 spiro atoms. The van der Waals surface area contributed by atoms with Gasteiger partial charge in [-0.25, -0.2) is 0 Å². The zero-order chi connectivity index (χ0) is 11.8. The predicted molar refractivity (Wildman–Crippen MR) is 63.6 cm³/mol. The highest BCUT2D eigenvalue weighted by Crippen LogP contribution is 2.14. The van der Waals surface area contributed by atoms with Crippen molar-refractivity contribution in [1.82, 2.24) is 5.32 Å². The molecule has 0 atom stereocenters. The number of halogens is 1. The van der Waals surface area contributed by atoms with Gasteiger partial charge in [0.15, 0.2) is 0 Å². The Bertz CT molecular complexity index is 327. The van der Waals surface area contributed by atoms with E-state index in [0.29, 0.717) is 31.1 Å². The van der Waals surface area contributed by atoms with E-state index in [-0.39, 0.29) is 5.91 Å². The van der Waals surface area contributed by atoms with Crippen molar-refractivity contribution in [2.45, 2.75) is 6.42 Å². The van der Waals surface area contributed by atoms with Crippen LogP contribution >= 0.6 is 11.6 Å². The quantitative estimate of drug-likeness (QED) is 0.737. The molecule has 4 nitrogen and oxygen atoms in total. The van der Waals surface area contributed by atoms with Gasteiger partial charge in [-0.15, -0.1) is 0 Å². The molecule has 88 valence electrons. The molecule has 0 aromatic heterocycles. The third kappa shape index (κ3) is 5.00. The number of ether oxygens (including phenoxy) is 1. The van der Waals surface area contributed by atoms with E-state index in [1.165, 1.54) is 0 Å². The van der Waals surface area contributed by atoms with Gasteiger partial charge in [0.25, 0.3) is 0 Å². The van der Waals surface area contributed by atoms with Gasteiger partial charge in [0.2, 0.25) is 5.91 Å². The summed E-state index contributed by atoms with van der Waals surface area (Å²) in [7, 11) is 0. The van der Waals surface area contributed by atoms with Gasteiger partial charge < -0.3 is 15.8 Å². The second-order valence-corrected chi connectivity index (χ2v) is 3.63. The molecule has 0 radical (unpaired) electrons. The number of nitrogens with two attached hydrogens (primary N) is 1. The second-order valence-electron chi connectivity index (χ2n) is 3.19. The first-order valence-electron chi connectivity index (χ1n) is 5.07. The first-order valence-corrected chi connectivity index (χ1v) is 5.45. The van der Waals surface area contributed by atoms with Crippen molar-refractivity contribution in [3.63, 3.8) is 0 Å². The predicted octanol–water partition coefficient (Wildman–Crippen LogP) is 1.18. The number of carbonyl (C=O) groups is 1. The third-order valence-electron chi connectivity index (χ3n) is 1.88. The number of carbonyl (C=O) groups excluding carboxylic acids is 1. The van der Waals surface area contributed by atoms with E-state index in [9.17, 15) is 4.79 Å². The molecule has 0 bridgehead atoms. The average Bonchev–Trinajstić information content (AvgIpc) is 2.27. The molecule has 0 heterocycles. The monoisotopic (exact) mass is 242 g/mol. The Labute approximate surface area is 99.7 Å². The zero-order valence-corrected chi connectivity index (χ0v) is 9.67. The summed E-state index contributed by atoms with van der Waals surface area (Å²) in [6, 6.07) is 7.07. The van der Waals surface area contributed by atoms with Gasteiger partial charge >= 0.3 is 0 Å². The molecular formula is C11H15ClN2O2. The first kappa shape index (κ1) is 12.8. The van der Waals surface area contributed by atoms with Gasteiger partial charge in [-0.05, 0) is 24.3 Å². The van der Waals surface area contributed by atoms with Crippen LogP contribution in [0.1, 0.15) is 6.42 Å². The van der Waals surface area contributed by atoms with Gasteiger partial charge in [0, 0.05) is 18.0 Å². The standard InChI is InChI=1S/C11H15ClN2O2/c12-9-1-3-10(4-2-9)16-8-7-14-11(15)5-6-13/h1-4H,5-8,13H2,(H,14,15). The topological polar surface area (TPSA) is 64.4 Å². The Morgan fingerprint density at radius 1 is 1.38 bits per heavy atom. The van der Waals surface area contributed by atoms with E-state index >= 15 is 0 Å². The molecule has 5 heteroatoms. The van der Waals surface area contributed by atoms with Gasteiger partial charge in [-0.3, -0.25) is 4.79 Å². The van der Waals surface area contributed by atoms with Crippen LogP contribution in [0.3, 0.4) is 0 Å². The lowest BCUT2D eigenvalue weighted by atomic mass is 10.3. The molecular weight excluding hydrogens is 228 g/mol. The minimum atomic E-state index is -0.0535. The normalized spacial score (nSPS) is 9.88. The molecule has 16 heavy (non-hydrogen) atoms. The molecule has 1 amide bonds. The van der Waals surface area contributed by atoms with Crippen LogP contribution in [0.2, 0.25) is 5.02 Å². The highest BCUT2D eigenvalue weighted by molar-refractivity contribution is 6.30. The Hall–Kier alpha value is -1.26. The molecule has 3 N–H and O–H groups in total. The number of rotatable bonds is 6. The zero-order valence-electron chi connectivity index (χ0n) is 8.91. The van der Waals surface area contributed by atoms with E-state index < -0.39 is 0 Å². The fraction of sp³-hybridized carbons (Fsp3) is 0.364. The van der Waals surface area contributed by atoms with Crippen LogP contribution in [0, 0.1) is 0 Å². The Morgan fingerprint density at radius 2 is 2.06 bits per heavy atom. The summed E-state index contributed by atoms with van der Waals surface area (Å²) in [5, 5.41) is 3.37. The summed E-state index contributed by atoms with van der Waals surface area (Å²) in [5.74, 6) is 0.680. The summed E-state index contributed by atoms with van der Waals surface area (Å²) >= 11 is 5.72. The molecule has 0 aliphatic heterocycles. The molecule has 0 unspecified atom stereocenters. The lowest BCUT2D eigenvalue weighted by molar-refractivity contribution is -0.120. The van der Waals surface area contributed by atoms with Crippen LogP contribution in [0.4, 0.5) is 0 Å². The van der Waals surface area contributed by atoms with Crippen LogP contribution in [-0.4, -0.2) is 25.6 Å². The molecule has 1 aromatic carbocycles. The van der Waals surface area contributed by atoms with Crippen LogP contribution in [-0.2, 0) is 4.79 Å². The Kier molecular flexibility index (Phi) is 5.67. The number of hydrogen-bond donors (Lipinski definition) is 2. The Morgan fingerprint density at radius 3 is 2.69 bits per heavy atom. The van der Waals surface area contributed by atoms with Gasteiger partial charge in [0.1, 0.15) is 12.4 Å². The maximum atomic E-state index is 11.0. The van der Waals surface area contributed by atoms with Gasteiger partial charge in [-0.2, -0.15) is 0 Å². The average molecular weight is 243 g/mol. The van der Waals surface area contributed by atoms with E-state index in [0.717, 1.165) is 5.75 Å². The lowest BCUT2D eigenvalue weighted by Crippen LogP contribution is -2.29. The minimum Gasteiger partial charge on any atom is -0.492 e. The van der Waals surface area contributed by atoms with E-state index in [2.05, 4.69) is 5.32 Å². The minimum absolute atomic E-state index is 0.0535. The lowest BCUT2D eigenvalue weighted by Gasteiger charge is -2.07. The van der Waals surface area contributed by atoms with Crippen molar-refractivity contribution >= 4 is 17.5 Å². The maximum Gasteiger partial charge on any atom is 0.221 e. The highest BCUT2D eigenvalue weighted by Gasteiger charge is 1.98. The first-order chi connectivity index (χ1) is 7.72. The number of nitrogens with one attached hydrogen (secondary N) is 1. The van der Waals surface area contributed by atoms with Crippen molar-refractivity contribution in [1.29, 1.82) is 0 Å². The SMILES string of the molecule is NCCC(=O)NCCOc1ccc(Cl)cc1. The summed E-state index contributed by atoms with van der Waals surface area (Å²) in [5.41, 5.74) is 5.23. The van der Waals surface area contributed by atoms with Crippen LogP contribution in [0.25, 0.3) is 0 Å². The smallest absolute Gasteiger partial charge is 0.221 e. The van der Waals surface area contributed by atoms with Crippen LogP contribution in [0.5, 0.6) is 5.75 Å². The molecule has 0 saturated carbocycles. The third-order valence-corrected chi connectivity index (χ3v) is 2.13. The van der Waals surface area contributed by atoms with Crippen molar-refractivity contribution in [3.8, 4) is 5.75 Å². The summed E-state index contributed by atoms with van der Waals surface area (Å²) in [6.45, 7) is 1.27. The van der Waals surface area contributed by atoms with Crippen LogP contribution in [0.15, 0.2) is 24.3 Å². The van der Waals surface area contributed by atoms with E-state index in [1.807, 2.05) is 0 Å². The van der Waals surface area contributed by atoms with Gasteiger partial charge in [0.05, 0.1) is 6.54 Å². The summed E-state index contributed by atoms with van der Waals surface area (Å²) < 4.78 is 5.38. The van der Waals surface area contributed by atoms with Crippen LogP contribution < -0.4 is 15.8 Å². The second kappa shape index (κ2) is 7.09. The van der Waals surface area contributed by atoms with Crippen molar-refractivity contribution in [2.75, 3.05) is 19.7 Å². The summed E-state index contributed by atoms with van der Waals surface area (Å²) in [6.07, 6.45) is 0.348. The number of amides is 1. The molecule has 1 aromatic rings. The largest absolute Gasteiger partial charge is 0.492 e. The number of benzene rings is 1. The summed E-state index contributed by atoms with van der Waals surface area (Å²) in [4.78, 5) is 11.0. The fourth-order valence-electron chi connectivity index (χ4n) is 1.11.